The Morgan fingerprint density at radius 2 is 1.83 bits per heavy atom. The standard InChI is InChI=1S/C20H24ClN3O4S/c1-15(24(29(2,26)27)19-5-3-4-16(21)14-19)20(25)22-17-6-8-18(9-7-17)23-10-12-28-13-11-23/h3-9,14-15H,10-13H2,1-2H3,(H,22,25). The van der Waals surface area contributed by atoms with E-state index in [9.17, 15) is 13.2 Å². The Balaban J connectivity index is 1.74. The van der Waals surface area contributed by atoms with Crippen LogP contribution in [0.25, 0.3) is 0 Å². The molecule has 1 atom stereocenters. The van der Waals surface area contributed by atoms with Crippen LogP contribution in [0.2, 0.25) is 5.02 Å². The summed E-state index contributed by atoms with van der Waals surface area (Å²) >= 11 is 6.00. The third-order valence-corrected chi connectivity index (χ3v) is 6.14. The number of benzene rings is 2. The highest BCUT2D eigenvalue weighted by Crippen LogP contribution is 2.25. The molecule has 1 saturated heterocycles. The Morgan fingerprint density at radius 3 is 2.41 bits per heavy atom. The number of carbonyl (C=O) groups is 1. The molecule has 0 bridgehead atoms. The van der Waals surface area contributed by atoms with Crippen molar-refractivity contribution < 1.29 is 17.9 Å². The number of rotatable bonds is 6. The van der Waals surface area contributed by atoms with Gasteiger partial charge in [-0.15, -0.1) is 0 Å². The van der Waals surface area contributed by atoms with Gasteiger partial charge < -0.3 is 15.0 Å². The van der Waals surface area contributed by atoms with Crippen LogP contribution in [0, 0.1) is 0 Å². The van der Waals surface area contributed by atoms with Crippen molar-refractivity contribution in [1.82, 2.24) is 0 Å². The molecule has 7 nitrogen and oxygen atoms in total. The van der Waals surface area contributed by atoms with Gasteiger partial charge in [0.2, 0.25) is 15.9 Å². The molecule has 1 unspecified atom stereocenters. The zero-order valence-electron chi connectivity index (χ0n) is 16.3. The van der Waals surface area contributed by atoms with E-state index < -0.39 is 22.0 Å². The van der Waals surface area contributed by atoms with Crippen LogP contribution in [0.1, 0.15) is 6.92 Å². The van der Waals surface area contributed by atoms with Crippen molar-refractivity contribution >= 4 is 44.6 Å². The van der Waals surface area contributed by atoms with Crippen molar-refractivity contribution in [2.75, 3.05) is 47.1 Å². The highest BCUT2D eigenvalue weighted by atomic mass is 35.5. The van der Waals surface area contributed by atoms with Gasteiger partial charge in [0.15, 0.2) is 0 Å². The predicted molar refractivity (Wildman–Crippen MR) is 116 cm³/mol. The van der Waals surface area contributed by atoms with E-state index in [1.807, 2.05) is 12.1 Å². The molecule has 2 aromatic carbocycles. The molecule has 1 aliphatic heterocycles. The topological polar surface area (TPSA) is 79.0 Å². The molecule has 1 amide bonds. The summed E-state index contributed by atoms with van der Waals surface area (Å²) in [6.07, 6.45) is 1.06. The second-order valence-corrected chi connectivity index (χ2v) is 9.15. The lowest BCUT2D eigenvalue weighted by Crippen LogP contribution is -2.45. The number of halogens is 1. The van der Waals surface area contributed by atoms with E-state index in [2.05, 4.69) is 10.2 Å². The van der Waals surface area contributed by atoms with Crippen molar-refractivity contribution in [3.8, 4) is 0 Å². The van der Waals surface area contributed by atoms with E-state index >= 15 is 0 Å². The lowest BCUT2D eigenvalue weighted by Gasteiger charge is -2.29. The molecule has 156 valence electrons. The minimum absolute atomic E-state index is 0.338. The number of amides is 1. The van der Waals surface area contributed by atoms with Crippen LogP contribution in [-0.2, 0) is 19.6 Å². The normalized spacial score (nSPS) is 15.6. The summed E-state index contributed by atoms with van der Waals surface area (Å²) in [5, 5.41) is 3.18. The summed E-state index contributed by atoms with van der Waals surface area (Å²) in [6, 6.07) is 12.9. The van der Waals surface area contributed by atoms with Crippen LogP contribution in [0.3, 0.4) is 0 Å². The van der Waals surface area contributed by atoms with Crippen molar-refractivity contribution in [3.63, 3.8) is 0 Å². The molecule has 0 aliphatic carbocycles. The van der Waals surface area contributed by atoms with Crippen molar-refractivity contribution in [1.29, 1.82) is 0 Å². The number of hydrogen-bond donors (Lipinski definition) is 1. The van der Waals surface area contributed by atoms with Crippen LogP contribution < -0.4 is 14.5 Å². The summed E-state index contributed by atoms with van der Waals surface area (Å²) < 4.78 is 31.1. The average Bonchev–Trinajstić information content (AvgIpc) is 2.68. The molecule has 9 heteroatoms. The van der Waals surface area contributed by atoms with E-state index in [0.717, 1.165) is 29.3 Å². The Hall–Kier alpha value is -2.29. The van der Waals surface area contributed by atoms with Crippen LogP contribution in [0.5, 0.6) is 0 Å². The SMILES string of the molecule is CC(C(=O)Nc1ccc(N2CCOCC2)cc1)N(c1cccc(Cl)c1)S(C)(=O)=O. The van der Waals surface area contributed by atoms with Gasteiger partial charge >= 0.3 is 0 Å². The first kappa shape index (κ1) is 21.4. The Kier molecular flexibility index (Phi) is 6.66. The minimum atomic E-state index is -3.70. The molecule has 0 saturated carbocycles. The fourth-order valence-corrected chi connectivity index (χ4v) is 4.60. The van der Waals surface area contributed by atoms with Crippen molar-refractivity contribution in [2.45, 2.75) is 13.0 Å². The number of hydrogen-bond acceptors (Lipinski definition) is 5. The molecule has 2 aromatic rings. The number of ether oxygens (including phenoxy) is 1. The molecule has 3 rings (SSSR count). The van der Waals surface area contributed by atoms with E-state index in [1.165, 1.54) is 6.07 Å². The number of nitrogens with zero attached hydrogens (tertiary/aromatic N) is 2. The van der Waals surface area contributed by atoms with Gasteiger partial charge in [0, 0.05) is 29.5 Å². The van der Waals surface area contributed by atoms with E-state index in [1.54, 1.807) is 37.3 Å². The molecule has 1 N–H and O–H groups in total. The molecule has 0 radical (unpaired) electrons. The lowest BCUT2D eigenvalue weighted by molar-refractivity contribution is -0.116. The predicted octanol–water partition coefficient (Wildman–Crippen LogP) is 2.97. The maximum Gasteiger partial charge on any atom is 0.247 e. The number of nitrogens with one attached hydrogen (secondary N) is 1. The van der Waals surface area contributed by atoms with Gasteiger partial charge in [-0.1, -0.05) is 17.7 Å². The first-order chi connectivity index (χ1) is 13.8. The van der Waals surface area contributed by atoms with E-state index in [4.69, 9.17) is 16.3 Å². The van der Waals surface area contributed by atoms with Crippen LogP contribution in [0.15, 0.2) is 48.5 Å². The Morgan fingerprint density at radius 1 is 1.17 bits per heavy atom. The second-order valence-electron chi connectivity index (χ2n) is 6.85. The van der Waals surface area contributed by atoms with Crippen molar-refractivity contribution in [2.24, 2.45) is 0 Å². The van der Waals surface area contributed by atoms with Gasteiger partial charge in [-0.05, 0) is 49.4 Å². The summed E-state index contributed by atoms with van der Waals surface area (Å²) in [6.45, 7) is 4.58. The van der Waals surface area contributed by atoms with Gasteiger partial charge in [0.05, 0.1) is 25.2 Å². The molecule has 1 heterocycles. The highest BCUT2D eigenvalue weighted by Gasteiger charge is 2.29. The second kappa shape index (κ2) is 9.02. The molecular formula is C20H24ClN3O4S. The first-order valence-electron chi connectivity index (χ1n) is 9.24. The minimum Gasteiger partial charge on any atom is -0.378 e. The van der Waals surface area contributed by atoms with Gasteiger partial charge in [0.1, 0.15) is 6.04 Å². The number of morpholine rings is 1. The van der Waals surface area contributed by atoms with Crippen LogP contribution in [0.4, 0.5) is 17.1 Å². The van der Waals surface area contributed by atoms with E-state index in [-0.39, 0.29) is 0 Å². The summed E-state index contributed by atoms with van der Waals surface area (Å²) in [5.41, 5.74) is 1.99. The Bertz CT molecular complexity index is 960. The highest BCUT2D eigenvalue weighted by molar-refractivity contribution is 7.92. The number of anilines is 3. The number of carbonyl (C=O) groups excluding carboxylic acids is 1. The number of sulfonamides is 1. The summed E-state index contributed by atoms with van der Waals surface area (Å²) in [7, 11) is -3.70. The fourth-order valence-electron chi connectivity index (χ4n) is 3.25. The molecular weight excluding hydrogens is 414 g/mol. The molecule has 1 aliphatic rings. The summed E-state index contributed by atoms with van der Waals surface area (Å²) in [4.78, 5) is 15.0. The largest absolute Gasteiger partial charge is 0.378 e. The van der Waals surface area contributed by atoms with E-state index in [0.29, 0.717) is 29.6 Å². The lowest BCUT2D eigenvalue weighted by atomic mass is 10.2. The van der Waals surface area contributed by atoms with Gasteiger partial charge in [-0.3, -0.25) is 9.10 Å². The monoisotopic (exact) mass is 437 g/mol. The van der Waals surface area contributed by atoms with Crippen molar-refractivity contribution in [3.05, 3.63) is 53.6 Å². The van der Waals surface area contributed by atoms with Gasteiger partial charge in [-0.25, -0.2) is 8.42 Å². The quantitative estimate of drug-likeness (QED) is 0.751. The molecule has 0 spiro atoms. The molecule has 29 heavy (non-hydrogen) atoms. The van der Waals surface area contributed by atoms with Gasteiger partial charge in [0.25, 0.3) is 0 Å². The fraction of sp³-hybridized carbons (Fsp3) is 0.350. The maximum atomic E-state index is 12.8. The zero-order valence-corrected chi connectivity index (χ0v) is 17.9. The third-order valence-electron chi connectivity index (χ3n) is 4.66. The van der Waals surface area contributed by atoms with Gasteiger partial charge in [-0.2, -0.15) is 0 Å². The Labute approximate surface area is 176 Å². The summed E-state index contributed by atoms with van der Waals surface area (Å²) in [5.74, 6) is -0.436. The average molecular weight is 438 g/mol. The zero-order chi connectivity index (χ0) is 21.0. The maximum absolute atomic E-state index is 12.8. The van der Waals surface area contributed by atoms with Crippen LogP contribution in [-0.4, -0.2) is 52.9 Å². The molecule has 1 fully saturated rings. The smallest absolute Gasteiger partial charge is 0.247 e. The van der Waals surface area contributed by atoms with Crippen LogP contribution >= 0.6 is 11.6 Å². The molecule has 0 aromatic heterocycles. The first-order valence-corrected chi connectivity index (χ1v) is 11.5. The third kappa shape index (κ3) is 5.41.